The van der Waals surface area contributed by atoms with Crippen LogP contribution in [0, 0.1) is 13.8 Å². The number of imidazole rings is 1. The predicted molar refractivity (Wildman–Crippen MR) is 115 cm³/mol. The number of nitrogens with zero attached hydrogens (tertiary/aromatic N) is 3. The maximum Gasteiger partial charge on any atom is 0.270 e. The van der Waals surface area contributed by atoms with Gasteiger partial charge in [-0.25, -0.2) is 4.98 Å². The Hall–Kier alpha value is -2.18. The van der Waals surface area contributed by atoms with Crippen molar-refractivity contribution in [3.8, 4) is 0 Å². The van der Waals surface area contributed by atoms with Gasteiger partial charge in [-0.05, 0) is 59.8 Å². The summed E-state index contributed by atoms with van der Waals surface area (Å²) in [7, 11) is 0. The monoisotopic (exact) mass is 440 g/mol. The van der Waals surface area contributed by atoms with E-state index in [0.717, 1.165) is 53.9 Å². The summed E-state index contributed by atoms with van der Waals surface area (Å²) in [6.07, 6.45) is 3.86. The van der Waals surface area contributed by atoms with Crippen LogP contribution in [0.3, 0.4) is 0 Å². The van der Waals surface area contributed by atoms with E-state index in [0.29, 0.717) is 5.69 Å². The van der Waals surface area contributed by atoms with Crippen molar-refractivity contribution in [1.29, 1.82) is 0 Å². The molecule has 4 rings (SSSR count). The lowest BCUT2D eigenvalue weighted by molar-refractivity contribution is 0.0902. The van der Waals surface area contributed by atoms with Gasteiger partial charge in [-0.2, -0.15) is 0 Å². The maximum absolute atomic E-state index is 13.0. The predicted octanol–water partition coefficient (Wildman–Crippen LogP) is 4.11. The number of pyridine rings is 1. The van der Waals surface area contributed by atoms with Crippen LogP contribution in [0.1, 0.15) is 40.2 Å². The summed E-state index contributed by atoms with van der Waals surface area (Å²) in [5.41, 5.74) is 4.62. The van der Waals surface area contributed by atoms with Gasteiger partial charge in [0.1, 0.15) is 11.3 Å². The average Bonchev–Trinajstić information content (AvgIpc) is 3.00. The summed E-state index contributed by atoms with van der Waals surface area (Å²) >= 11 is 3.52. The van der Waals surface area contributed by atoms with Crippen LogP contribution in [0.2, 0.25) is 0 Å². The molecule has 1 aliphatic heterocycles. The number of hydrogen-bond acceptors (Lipinski definition) is 3. The molecule has 0 spiro atoms. The number of aromatic nitrogens is 2. The van der Waals surface area contributed by atoms with Gasteiger partial charge in [-0.15, -0.1) is 0 Å². The normalized spacial score (nSPS) is 15.8. The van der Waals surface area contributed by atoms with Gasteiger partial charge in [-0.1, -0.05) is 30.3 Å². The molecule has 3 aromatic rings. The Bertz CT molecular complexity index is 991. The summed E-state index contributed by atoms with van der Waals surface area (Å²) in [5.74, 6) is -0.0380. The van der Waals surface area contributed by atoms with E-state index in [9.17, 15) is 4.79 Å². The molecule has 1 amide bonds. The van der Waals surface area contributed by atoms with Gasteiger partial charge in [0.2, 0.25) is 0 Å². The number of carbonyl (C=O) groups is 1. The highest BCUT2D eigenvalue weighted by Crippen LogP contribution is 2.21. The molecule has 2 aromatic heterocycles. The SMILES string of the molecule is Cc1nc2c(C)cc(Br)cn2c1C(=O)NC1CCN(Cc2ccccc2)CC1. The first-order chi connectivity index (χ1) is 13.5. The van der Waals surface area contributed by atoms with Crippen molar-refractivity contribution in [3.63, 3.8) is 0 Å². The molecule has 28 heavy (non-hydrogen) atoms. The van der Waals surface area contributed by atoms with Crippen molar-refractivity contribution in [2.24, 2.45) is 0 Å². The van der Waals surface area contributed by atoms with Gasteiger partial charge in [0.15, 0.2) is 0 Å². The molecule has 0 radical (unpaired) electrons. The Morgan fingerprint density at radius 2 is 1.93 bits per heavy atom. The lowest BCUT2D eigenvalue weighted by Crippen LogP contribution is -2.44. The Labute approximate surface area is 173 Å². The molecule has 6 heteroatoms. The van der Waals surface area contributed by atoms with Crippen molar-refractivity contribution < 1.29 is 4.79 Å². The number of benzene rings is 1. The number of piperidine rings is 1. The summed E-state index contributed by atoms with van der Waals surface area (Å²) in [6.45, 7) is 6.88. The minimum absolute atomic E-state index is 0.0380. The molecule has 1 saturated heterocycles. The number of aryl methyl sites for hydroxylation is 2. The zero-order valence-corrected chi connectivity index (χ0v) is 17.9. The molecular formula is C22H25BrN4O. The van der Waals surface area contributed by atoms with E-state index in [2.05, 4.69) is 55.4 Å². The summed E-state index contributed by atoms with van der Waals surface area (Å²) in [6, 6.07) is 12.8. The van der Waals surface area contributed by atoms with Crippen molar-refractivity contribution in [2.45, 2.75) is 39.3 Å². The first kappa shape index (κ1) is 19.2. The van der Waals surface area contributed by atoms with Crippen LogP contribution >= 0.6 is 15.9 Å². The molecule has 5 nitrogen and oxygen atoms in total. The van der Waals surface area contributed by atoms with Gasteiger partial charge in [0, 0.05) is 36.3 Å². The number of nitrogens with one attached hydrogen (secondary N) is 1. The number of fused-ring (bicyclic) bond motifs is 1. The van der Waals surface area contributed by atoms with Crippen LogP contribution in [0.5, 0.6) is 0 Å². The lowest BCUT2D eigenvalue weighted by atomic mass is 10.0. The molecule has 0 saturated carbocycles. The zero-order chi connectivity index (χ0) is 19.7. The molecule has 1 N–H and O–H groups in total. The van der Waals surface area contributed by atoms with E-state index in [4.69, 9.17) is 0 Å². The van der Waals surface area contributed by atoms with Crippen LogP contribution in [0.15, 0.2) is 47.1 Å². The van der Waals surface area contributed by atoms with Gasteiger partial charge >= 0.3 is 0 Å². The zero-order valence-electron chi connectivity index (χ0n) is 16.3. The van der Waals surface area contributed by atoms with Gasteiger partial charge < -0.3 is 5.32 Å². The van der Waals surface area contributed by atoms with Crippen LogP contribution in [-0.4, -0.2) is 39.3 Å². The van der Waals surface area contributed by atoms with Crippen molar-refractivity contribution in [3.05, 3.63) is 69.6 Å². The summed E-state index contributed by atoms with van der Waals surface area (Å²) < 4.78 is 2.84. The Kier molecular flexibility index (Phi) is 5.51. The van der Waals surface area contributed by atoms with Gasteiger partial charge in [0.05, 0.1) is 5.69 Å². The van der Waals surface area contributed by atoms with E-state index in [-0.39, 0.29) is 11.9 Å². The first-order valence-corrected chi connectivity index (χ1v) is 10.5. The third-order valence-electron chi connectivity index (χ3n) is 5.43. The topological polar surface area (TPSA) is 49.6 Å². The molecular weight excluding hydrogens is 416 g/mol. The minimum Gasteiger partial charge on any atom is -0.348 e. The van der Waals surface area contributed by atoms with Crippen LogP contribution in [-0.2, 0) is 6.54 Å². The highest BCUT2D eigenvalue weighted by atomic mass is 79.9. The smallest absolute Gasteiger partial charge is 0.270 e. The van der Waals surface area contributed by atoms with E-state index in [1.807, 2.05) is 36.6 Å². The molecule has 0 bridgehead atoms. The fourth-order valence-corrected chi connectivity index (χ4v) is 4.53. The highest BCUT2D eigenvalue weighted by molar-refractivity contribution is 9.10. The van der Waals surface area contributed by atoms with Gasteiger partial charge in [-0.3, -0.25) is 14.1 Å². The summed E-state index contributed by atoms with van der Waals surface area (Å²) in [4.78, 5) is 20.1. The number of halogens is 1. The molecule has 146 valence electrons. The molecule has 0 aliphatic carbocycles. The number of carbonyl (C=O) groups excluding carboxylic acids is 1. The Balaban J connectivity index is 1.41. The highest BCUT2D eigenvalue weighted by Gasteiger charge is 2.24. The van der Waals surface area contributed by atoms with Crippen molar-refractivity contribution >= 4 is 27.5 Å². The average molecular weight is 441 g/mol. The van der Waals surface area contributed by atoms with Crippen LogP contribution < -0.4 is 5.32 Å². The van der Waals surface area contributed by atoms with Crippen molar-refractivity contribution in [2.75, 3.05) is 13.1 Å². The standard InChI is InChI=1S/C22H25BrN4O/c1-15-12-18(23)14-27-20(16(2)24-21(15)27)22(28)25-19-8-10-26(11-9-19)13-17-6-4-3-5-7-17/h3-7,12,14,19H,8-11,13H2,1-2H3,(H,25,28). The van der Waals surface area contributed by atoms with Gasteiger partial charge in [0.25, 0.3) is 5.91 Å². The third kappa shape index (κ3) is 3.98. The maximum atomic E-state index is 13.0. The second-order valence-electron chi connectivity index (χ2n) is 7.59. The van der Waals surface area contributed by atoms with E-state index in [1.54, 1.807) is 0 Å². The molecule has 1 aliphatic rings. The quantitative estimate of drug-likeness (QED) is 0.663. The molecule has 1 fully saturated rings. The molecule has 1 aromatic carbocycles. The largest absolute Gasteiger partial charge is 0.348 e. The number of likely N-dealkylation sites (tertiary alicyclic amines) is 1. The minimum atomic E-state index is -0.0380. The van der Waals surface area contributed by atoms with E-state index in [1.165, 1.54) is 5.56 Å². The molecule has 0 atom stereocenters. The lowest BCUT2D eigenvalue weighted by Gasteiger charge is -2.32. The first-order valence-electron chi connectivity index (χ1n) is 9.73. The molecule has 0 unspecified atom stereocenters. The van der Waals surface area contributed by atoms with Crippen LogP contribution in [0.25, 0.3) is 5.65 Å². The second kappa shape index (κ2) is 8.05. The summed E-state index contributed by atoms with van der Waals surface area (Å²) in [5, 5.41) is 3.24. The third-order valence-corrected chi connectivity index (χ3v) is 5.87. The second-order valence-corrected chi connectivity index (χ2v) is 8.51. The Morgan fingerprint density at radius 1 is 1.21 bits per heavy atom. The van der Waals surface area contributed by atoms with Crippen LogP contribution in [0.4, 0.5) is 0 Å². The van der Waals surface area contributed by atoms with E-state index >= 15 is 0 Å². The fraction of sp³-hybridized carbons (Fsp3) is 0.364. The van der Waals surface area contributed by atoms with E-state index < -0.39 is 0 Å². The number of hydrogen-bond donors (Lipinski definition) is 1. The fourth-order valence-electron chi connectivity index (χ4n) is 3.99. The Morgan fingerprint density at radius 3 is 2.64 bits per heavy atom. The number of rotatable bonds is 4. The molecule has 3 heterocycles. The van der Waals surface area contributed by atoms with Crippen molar-refractivity contribution in [1.82, 2.24) is 19.6 Å². The number of amides is 1.